The summed E-state index contributed by atoms with van der Waals surface area (Å²) in [6.45, 7) is 1.95. The minimum atomic E-state index is -0.340. The average Bonchev–Trinajstić information content (AvgIpc) is 2.84. The Hall–Kier alpha value is -0.560. The summed E-state index contributed by atoms with van der Waals surface area (Å²) in [6.07, 6.45) is 0.157. The van der Waals surface area contributed by atoms with Crippen molar-refractivity contribution < 1.29 is 9.90 Å². The van der Waals surface area contributed by atoms with Crippen molar-refractivity contribution in [1.29, 1.82) is 0 Å². The van der Waals surface area contributed by atoms with Gasteiger partial charge in [-0.15, -0.1) is 11.8 Å². The molecule has 3 N–H and O–H groups in total. The van der Waals surface area contributed by atoms with Crippen LogP contribution < -0.4 is 10.6 Å². The van der Waals surface area contributed by atoms with Crippen LogP contribution >= 0.6 is 27.7 Å². The Morgan fingerprint density at radius 3 is 2.80 bits per heavy atom. The first-order valence-corrected chi connectivity index (χ1v) is 8.47. The number of aliphatic hydroxyl groups is 1. The lowest BCUT2D eigenvalue weighted by molar-refractivity contribution is -0.120. The first-order valence-electron chi connectivity index (χ1n) is 6.69. The first kappa shape index (κ1) is 15.8. The number of rotatable bonds is 6. The van der Waals surface area contributed by atoms with E-state index in [2.05, 4.69) is 26.6 Å². The van der Waals surface area contributed by atoms with Gasteiger partial charge in [-0.25, -0.2) is 0 Å². The van der Waals surface area contributed by atoms with E-state index in [1.54, 1.807) is 11.8 Å². The fourth-order valence-corrected chi connectivity index (χ4v) is 3.17. The summed E-state index contributed by atoms with van der Waals surface area (Å²) in [5, 5.41) is 15.6. The monoisotopic (exact) mass is 358 g/mol. The zero-order chi connectivity index (χ0) is 14.4. The van der Waals surface area contributed by atoms with Crippen LogP contribution in [-0.4, -0.2) is 42.5 Å². The molecular weight excluding hydrogens is 340 g/mol. The number of aliphatic hydroxyl groups excluding tert-OH is 1. The summed E-state index contributed by atoms with van der Waals surface area (Å²) in [7, 11) is 0. The Labute approximate surface area is 131 Å². The number of β-amino-alcohol motifs (C(OH)–C–C–N with tert-alkyl or cyclic N) is 1. The second-order valence-corrected chi connectivity index (χ2v) is 6.93. The summed E-state index contributed by atoms with van der Waals surface area (Å²) < 4.78 is 1.06. The number of halogens is 1. The first-order chi connectivity index (χ1) is 9.65. The van der Waals surface area contributed by atoms with Crippen LogP contribution in [0.5, 0.6) is 0 Å². The Bertz CT molecular complexity index is 441. The van der Waals surface area contributed by atoms with Crippen LogP contribution in [0.3, 0.4) is 0 Å². The molecule has 1 heterocycles. The third kappa shape index (κ3) is 5.09. The molecule has 1 amide bonds. The normalized spacial score (nSPS) is 21.9. The number of thioether (sulfide) groups is 1. The van der Waals surface area contributed by atoms with Gasteiger partial charge in [0.25, 0.3) is 0 Å². The highest BCUT2D eigenvalue weighted by atomic mass is 79.9. The number of nitrogens with one attached hydrogen (secondary N) is 2. The molecule has 4 nitrogen and oxygen atoms in total. The largest absolute Gasteiger partial charge is 0.391 e. The van der Waals surface area contributed by atoms with Crippen LogP contribution in [-0.2, 0) is 4.79 Å². The van der Waals surface area contributed by atoms with Gasteiger partial charge in [0.15, 0.2) is 0 Å². The van der Waals surface area contributed by atoms with Gasteiger partial charge in [-0.05, 0) is 24.3 Å². The second-order valence-electron chi connectivity index (χ2n) is 4.84. The summed E-state index contributed by atoms with van der Waals surface area (Å²) in [6, 6.07) is 8.06. The lowest BCUT2D eigenvalue weighted by atomic mass is 10.1. The molecule has 110 valence electrons. The molecule has 0 bridgehead atoms. The second kappa shape index (κ2) is 8.02. The van der Waals surface area contributed by atoms with E-state index in [0.717, 1.165) is 21.7 Å². The molecule has 0 aromatic heterocycles. The van der Waals surface area contributed by atoms with E-state index in [1.165, 1.54) is 0 Å². The van der Waals surface area contributed by atoms with Crippen LogP contribution in [0.2, 0.25) is 0 Å². The van der Waals surface area contributed by atoms with Crippen molar-refractivity contribution in [2.45, 2.75) is 17.4 Å². The molecule has 0 spiro atoms. The molecule has 2 atom stereocenters. The molecule has 0 aliphatic carbocycles. The van der Waals surface area contributed by atoms with Crippen molar-refractivity contribution in [2.75, 3.05) is 25.4 Å². The Kier molecular flexibility index (Phi) is 6.35. The lowest BCUT2D eigenvalue weighted by Crippen LogP contribution is -2.34. The van der Waals surface area contributed by atoms with Gasteiger partial charge in [0, 0.05) is 47.1 Å². The van der Waals surface area contributed by atoms with Gasteiger partial charge in [-0.2, -0.15) is 0 Å². The molecule has 1 aliphatic heterocycles. The maximum Gasteiger partial charge on any atom is 0.220 e. The lowest BCUT2D eigenvalue weighted by Gasteiger charge is -2.13. The van der Waals surface area contributed by atoms with Crippen LogP contribution in [0.1, 0.15) is 6.42 Å². The van der Waals surface area contributed by atoms with E-state index in [9.17, 15) is 9.90 Å². The zero-order valence-corrected chi connectivity index (χ0v) is 13.5. The minimum absolute atomic E-state index is 0.0497. The van der Waals surface area contributed by atoms with E-state index in [4.69, 9.17) is 0 Å². The predicted molar refractivity (Wildman–Crippen MR) is 84.9 cm³/mol. The van der Waals surface area contributed by atoms with Crippen molar-refractivity contribution in [1.82, 2.24) is 10.6 Å². The van der Waals surface area contributed by atoms with Gasteiger partial charge in [0.1, 0.15) is 0 Å². The van der Waals surface area contributed by atoms with Crippen molar-refractivity contribution in [3.05, 3.63) is 28.7 Å². The molecule has 1 aromatic rings. The third-order valence-electron chi connectivity index (χ3n) is 3.28. The van der Waals surface area contributed by atoms with Gasteiger partial charge in [-0.3, -0.25) is 4.79 Å². The summed E-state index contributed by atoms with van der Waals surface area (Å²) in [4.78, 5) is 12.9. The summed E-state index contributed by atoms with van der Waals surface area (Å²) in [5.74, 6) is 0.950. The molecule has 0 radical (unpaired) electrons. The molecular formula is C14H19BrN2O2S. The highest BCUT2D eigenvalue weighted by molar-refractivity contribution is 9.10. The minimum Gasteiger partial charge on any atom is -0.391 e. The highest BCUT2D eigenvalue weighted by Crippen LogP contribution is 2.21. The third-order valence-corrected chi connectivity index (χ3v) is 4.82. The molecule has 2 rings (SSSR count). The van der Waals surface area contributed by atoms with E-state index >= 15 is 0 Å². The highest BCUT2D eigenvalue weighted by Gasteiger charge is 2.24. The Morgan fingerprint density at radius 2 is 2.15 bits per heavy atom. The smallest absolute Gasteiger partial charge is 0.220 e. The standard InChI is InChI=1S/C14H19BrN2O2S/c15-11-1-3-12(4-2-11)20-6-5-14(19)17-8-10-7-16-9-13(10)18/h1-4,10,13,16,18H,5-9H2,(H,17,19). The predicted octanol–water partition coefficient (Wildman–Crippen LogP) is 1.63. The van der Waals surface area contributed by atoms with E-state index in [-0.39, 0.29) is 17.9 Å². The van der Waals surface area contributed by atoms with Crippen LogP contribution in [0.15, 0.2) is 33.6 Å². The van der Waals surface area contributed by atoms with Crippen molar-refractivity contribution in [3.8, 4) is 0 Å². The number of benzene rings is 1. The quantitative estimate of drug-likeness (QED) is 0.676. The van der Waals surface area contributed by atoms with Gasteiger partial charge >= 0.3 is 0 Å². The summed E-state index contributed by atoms with van der Waals surface area (Å²) in [5.41, 5.74) is 0. The maximum atomic E-state index is 11.7. The molecule has 1 saturated heterocycles. The molecule has 0 saturated carbocycles. The van der Waals surface area contributed by atoms with E-state index < -0.39 is 0 Å². The number of hydrogen-bond acceptors (Lipinski definition) is 4. The number of carbonyl (C=O) groups is 1. The molecule has 6 heteroatoms. The maximum absolute atomic E-state index is 11.7. The molecule has 2 unspecified atom stereocenters. The van der Waals surface area contributed by atoms with E-state index in [0.29, 0.717) is 19.5 Å². The zero-order valence-electron chi connectivity index (χ0n) is 11.1. The topological polar surface area (TPSA) is 61.4 Å². The van der Waals surface area contributed by atoms with Crippen LogP contribution in [0, 0.1) is 5.92 Å². The van der Waals surface area contributed by atoms with Crippen molar-refractivity contribution in [2.24, 2.45) is 5.92 Å². The summed E-state index contributed by atoms with van der Waals surface area (Å²) >= 11 is 5.07. The molecule has 1 aromatic carbocycles. The van der Waals surface area contributed by atoms with Crippen LogP contribution in [0.25, 0.3) is 0 Å². The van der Waals surface area contributed by atoms with Gasteiger partial charge in [0.05, 0.1) is 6.10 Å². The van der Waals surface area contributed by atoms with Crippen molar-refractivity contribution >= 4 is 33.6 Å². The fourth-order valence-electron chi connectivity index (χ4n) is 2.05. The Balaban J connectivity index is 1.61. The van der Waals surface area contributed by atoms with Gasteiger partial charge in [0.2, 0.25) is 5.91 Å². The molecule has 1 fully saturated rings. The SMILES string of the molecule is O=C(CCSc1ccc(Br)cc1)NCC1CNCC1O. The Morgan fingerprint density at radius 1 is 1.40 bits per heavy atom. The number of amides is 1. The molecule has 1 aliphatic rings. The number of hydrogen-bond donors (Lipinski definition) is 3. The fraction of sp³-hybridized carbons (Fsp3) is 0.500. The molecule has 20 heavy (non-hydrogen) atoms. The van der Waals surface area contributed by atoms with E-state index in [1.807, 2.05) is 24.3 Å². The average molecular weight is 359 g/mol. The van der Waals surface area contributed by atoms with Crippen molar-refractivity contribution in [3.63, 3.8) is 0 Å². The van der Waals surface area contributed by atoms with Gasteiger partial charge < -0.3 is 15.7 Å². The number of carbonyl (C=O) groups excluding carboxylic acids is 1. The van der Waals surface area contributed by atoms with Crippen LogP contribution in [0.4, 0.5) is 0 Å². The van der Waals surface area contributed by atoms with Gasteiger partial charge in [-0.1, -0.05) is 15.9 Å².